The standard InChI is InChI=1S/C17H17N3OS2/c1-3-19-11-13(10-18-19)9-15-16(21)20(17(22)23-15)12(2)14-7-5-4-6-8-14/h4-12H,3H2,1-2H3/b15-9-/t12-/m1/s1. The van der Waals surface area contributed by atoms with E-state index in [4.69, 9.17) is 12.2 Å². The number of aryl methyl sites for hydroxylation is 1. The van der Waals surface area contributed by atoms with Gasteiger partial charge in [-0.1, -0.05) is 54.3 Å². The number of amides is 1. The van der Waals surface area contributed by atoms with Gasteiger partial charge in [-0.25, -0.2) is 0 Å². The minimum absolute atomic E-state index is 0.0411. The Bertz CT molecular complexity index is 767. The van der Waals surface area contributed by atoms with E-state index in [2.05, 4.69) is 5.10 Å². The molecule has 1 atom stereocenters. The van der Waals surface area contributed by atoms with Gasteiger partial charge in [-0.15, -0.1) is 0 Å². The minimum Gasteiger partial charge on any atom is -0.286 e. The lowest BCUT2D eigenvalue weighted by Crippen LogP contribution is -2.30. The fraction of sp³-hybridized carbons (Fsp3) is 0.235. The van der Waals surface area contributed by atoms with E-state index in [-0.39, 0.29) is 11.9 Å². The third-order valence-corrected chi connectivity index (χ3v) is 5.10. The Morgan fingerprint density at radius 2 is 2.09 bits per heavy atom. The van der Waals surface area contributed by atoms with Crippen LogP contribution in [0.3, 0.4) is 0 Å². The predicted molar refractivity (Wildman–Crippen MR) is 97.8 cm³/mol. The van der Waals surface area contributed by atoms with Gasteiger partial charge in [0, 0.05) is 18.3 Å². The van der Waals surface area contributed by atoms with Gasteiger partial charge >= 0.3 is 0 Å². The Morgan fingerprint density at radius 1 is 1.35 bits per heavy atom. The van der Waals surface area contributed by atoms with Gasteiger partial charge in [0.25, 0.3) is 5.91 Å². The van der Waals surface area contributed by atoms with Gasteiger partial charge in [-0.05, 0) is 25.5 Å². The number of rotatable bonds is 4. The molecule has 0 spiro atoms. The molecule has 1 aliphatic rings. The summed E-state index contributed by atoms with van der Waals surface area (Å²) in [4.78, 5) is 15.1. The molecule has 1 amide bonds. The normalized spacial score (nSPS) is 18.0. The molecule has 0 N–H and O–H groups in total. The Labute approximate surface area is 145 Å². The fourth-order valence-electron chi connectivity index (χ4n) is 2.47. The Morgan fingerprint density at radius 3 is 2.74 bits per heavy atom. The summed E-state index contributed by atoms with van der Waals surface area (Å²) in [5, 5.41) is 4.23. The zero-order chi connectivity index (χ0) is 16.4. The number of hydrogen-bond acceptors (Lipinski definition) is 4. The monoisotopic (exact) mass is 343 g/mol. The molecule has 1 aromatic carbocycles. The third-order valence-electron chi connectivity index (χ3n) is 3.77. The van der Waals surface area contributed by atoms with Gasteiger partial charge in [-0.2, -0.15) is 5.10 Å². The van der Waals surface area contributed by atoms with Gasteiger partial charge in [0.1, 0.15) is 4.32 Å². The molecular formula is C17H17N3OS2. The second-order valence-corrected chi connectivity index (χ2v) is 6.94. The van der Waals surface area contributed by atoms with E-state index in [1.165, 1.54) is 11.8 Å². The molecule has 2 aromatic rings. The van der Waals surface area contributed by atoms with Gasteiger partial charge in [-0.3, -0.25) is 14.4 Å². The van der Waals surface area contributed by atoms with E-state index in [0.29, 0.717) is 9.23 Å². The van der Waals surface area contributed by atoms with Crippen LogP contribution in [-0.2, 0) is 11.3 Å². The summed E-state index contributed by atoms with van der Waals surface area (Å²) in [6.07, 6.45) is 5.54. The van der Waals surface area contributed by atoms with Crippen molar-refractivity contribution in [1.29, 1.82) is 0 Å². The summed E-state index contributed by atoms with van der Waals surface area (Å²) in [5.41, 5.74) is 1.99. The van der Waals surface area contributed by atoms with Crippen molar-refractivity contribution < 1.29 is 4.79 Å². The fourth-order valence-corrected chi connectivity index (χ4v) is 3.89. The van der Waals surface area contributed by atoms with Crippen molar-refractivity contribution >= 4 is 40.3 Å². The summed E-state index contributed by atoms with van der Waals surface area (Å²) < 4.78 is 2.43. The first-order valence-electron chi connectivity index (χ1n) is 7.44. The molecule has 3 rings (SSSR count). The minimum atomic E-state index is -0.0760. The van der Waals surface area contributed by atoms with Crippen LogP contribution in [0.15, 0.2) is 47.6 Å². The number of carbonyl (C=O) groups is 1. The van der Waals surface area contributed by atoms with Crippen LogP contribution in [0.4, 0.5) is 0 Å². The number of carbonyl (C=O) groups excluding carboxylic acids is 1. The summed E-state index contributed by atoms with van der Waals surface area (Å²) >= 11 is 6.77. The van der Waals surface area contributed by atoms with Gasteiger partial charge in [0.2, 0.25) is 0 Å². The molecule has 6 heteroatoms. The smallest absolute Gasteiger partial charge is 0.266 e. The molecule has 0 bridgehead atoms. The maximum absolute atomic E-state index is 12.7. The van der Waals surface area contributed by atoms with Crippen LogP contribution in [0.25, 0.3) is 6.08 Å². The van der Waals surface area contributed by atoms with E-state index in [1.807, 2.05) is 61.1 Å². The van der Waals surface area contributed by atoms with Gasteiger partial charge in [0.05, 0.1) is 17.1 Å². The molecule has 0 unspecified atom stereocenters. The van der Waals surface area contributed by atoms with Crippen molar-refractivity contribution in [1.82, 2.24) is 14.7 Å². The SMILES string of the molecule is CCn1cc(/C=C2\SC(=S)N([C@H](C)c3ccccc3)C2=O)cn1. The maximum atomic E-state index is 12.7. The topological polar surface area (TPSA) is 38.1 Å². The van der Waals surface area contributed by atoms with E-state index in [9.17, 15) is 4.79 Å². The van der Waals surface area contributed by atoms with Gasteiger partial charge < -0.3 is 0 Å². The van der Waals surface area contributed by atoms with Crippen LogP contribution < -0.4 is 0 Å². The zero-order valence-corrected chi connectivity index (χ0v) is 14.6. The first-order chi connectivity index (χ1) is 11.1. The average Bonchev–Trinajstić information content (AvgIpc) is 3.13. The lowest BCUT2D eigenvalue weighted by atomic mass is 10.1. The molecule has 1 fully saturated rings. The van der Waals surface area contributed by atoms with E-state index >= 15 is 0 Å². The first kappa shape index (κ1) is 16.0. The Balaban J connectivity index is 1.85. The number of hydrogen-bond donors (Lipinski definition) is 0. The molecule has 1 aliphatic heterocycles. The quantitative estimate of drug-likeness (QED) is 0.624. The second-order valence-electron chi connectivity index (χ2n) is 5.27. The highest BCUT2D eigenvalue weighted by molar-refractivity contribution is 8.26. The first-order valence-corrected chi connectivity index (χ1v) is 8.67. The number of thioether (sulfide) groups is 1. The molecular weight excluding hydrogens is 326 g/mol. The second kappa shape index (κ2) is 6.68. The van der Waals surface area contributed by atoms with Crippen LogP contribution >= 0.6 is 24.0 Å². The highest BCUT2D eigenvalue weighted by atomic mass is 32.2. The van der Waals surface area contributed by atoms with E-state index in [0.717, 1.165) is 17.7 Å². The maximum Gasteiger partial charge on any atom is 0.266 e. The summed E-state index contributed by atoms with van der Waals surface area (Å²) in [7, 11) is 0. The highest BCUT2D eigenvalue weighted by Crippen LogP contribution is 2.37. The predicted octanol–water partition coefficient (Wildman–Crippen LogP) is 3.87. The summed E-state index contributed by atoms with van der Waals surface area (Å²) in [6.45, 7) is 4.83. The lowest BCUT2D eigenvalue weighted by molar-refractivity contribution is -0.123. The number of aromatic nitrogens is 2. The molecule has 0 radical (unpaired) electrons. The molecule has 0 saturated carbocycles. The van der Waals surface area contributed by atoms with E-state index in [1.54, 1.807) is 11.1 Å². The van der Waals surface area contributed by atoms with Crippen LogP contribution in [0.5, 0.6) is 0 Å². The molecule has 2 heterocycles. The number of benzene rings is 1. The molecule has 118 valence electrons. The average molecular weight is 343 g/mol. The van der Waals surface area contributed by atoms with Crippen molar-refractivity contribution in [2.45, 2.75) is 26.4 Å². The van der Waals surface area contributed by atoms with Crippen molar-refractivity contribution in [3.05, 3.63) is 58.8 Å². The molecule has 1 aromatic heterocycles. The zero-order valence-electron chi connectivity index (χ0n) is 13.0. The molecule has 4 nitrogen and oxygen atoms in total. The Hall–Kier alpha value is -1.92. The van der Waals surface area contributed by atoms with E-state index < -0.39 is 0 Å². The molecule has 23 heavy (non-hydrogen) atoms. The third kappa shape index (κ3) is 3.23. The van der Waals surface area contributed by atoms with Crippen LogP contribution in [-0.4, -0.2) is 24.9 Å². The van der Waals surface area contributed by atoms with Crippen LogP contribution in [0.1, 0.15) is 31.0 Å². The van der Waals surface area contributed by atoms with Crippen molar-refractivity contribution in [3.63, 3.8) is 0 Å². The van der Waals surface area contributed by atoms with Crippen molar-refractivity contribution in [2.75, 3.05) is 0 Å². The highest BCUT2D eigenvalue weighted by Gasteiger charge is 2.35. The summed E-state index contributed by atoms with van der Waals surface area (Å²) in [5.74, 6) is -0.0411. The number of nitrogens with zero attached hydrogens (tertiary/aromatic N) is 3. The summed E-state index contributed by atoms with van der Waals surface area (Å²) in [6, 6.07) is 9.85. The number of thiocarbonyl (C=S) groups is 1. The van der Waals surface area contributed by atoms with Crippen molar-refractivity contribution in [2.24, 2.45) is 0 Å². The van der Waals surface area contributed by atoms with Crippen molar-refractivity contribution in [3.8, 4) is 0 Å². The van der Waals surface area contributed by atoms with Gasteiger partial charge in [0.15, 0.2) is 0 Å². The largest absolute Gasteiger partial charge is 0.286 e. The Kier molecular flexibility index (Phi) is 4.63. The molecule has 1 saturated heterocycles. The molecule has 0 aliphatic carbocycles. The van der Waals surface area contributed by atoms with Crippen LogP contribution in [0, 0.1) is 0 Å². The van der Waals surface area contributed by atoms with Crippen LogP contribution in [0.2, 0.25) is 0 Å². The lowest BCUT2D eigenvalue weighted by Gasteiger charge is -2.23.